The smallest absolute Gasteiger partial charge is 0.322 e. The molecule has 0 amide bonds. The number of hydrogen-bond acceptors (Lipinski definition) is 6. The zero-order valence-corrected chi connectivity index (χ0v) is 10.9. The van der Waals surface area contributed by atoms with E-state index in [1.54, 1.807) is 24.3 Å². The van der Waals surface area contributed by atoms with Gasteiger partial charge in [0.2, 0.25) is 0 Å². The van der Waals surface area contributed by atoms with Crippen LogP contribution < -0.4 is 9.47 Å². The van der Waals surface area contributed by atoms with E-state index < -0.39 is 18.4 Å². The van der Waals surface area contributed by atoms with Crippen LogP contribution in [0.4, 0.5) is 0 Å². The molecule has 0 aliphatic carbocycles. The number of para-hydroxylation sites is 4. The number of hydrogen-bond donors (Lipinski definition) is 2. The first-order valence-corrected chi connectivity index (χ1v) is 6.03. The lowest BCUT2D eigenvalue weighted by Crippen LogP contribution is -2.18. The van der Waals surface area contributed by atoms with Crippen LogP contribution in [-0.2, 0) is 9.59 Å². The molecule has 2 aromatic rings. The largest absolute Gasteiger partial charge is 0.504 e. The molecule has 0 heterocycles. The number of phenolic OH excluding ortho intramolecular Hbond substituents is 2. The van der Waals surface area contributed by atoms with E-state index in [1.807, 2.05) is 0 Å². The van der Waals surface area contributed by atoms with Gasteiger partial charge in [0.15, 0.2) is 23.0 Å². The van der Waals surface area contributed by atoms with E-state index in [4.69, 9.17) is 9.47 Å². The van der Waals surface area contributed by atoms with Crippen molar-refractivity contribution in [1.82, 2.24) is 0 Å². The topological polar surface area (TPSA) is 93.1 Å². The Balaban J connectivity index is 1.93. The summed E-state index contributed by atoms with van der Waals surface area (Å²) in [7, 11) is 0. The van der Waals surface area contributed by atoms with E-state index in [9.17, 15) is 19.8 Å². The Hall–Kier alpha value is -3.02. The van der Waals surface area contributed by atoms with Crippen molar-refractivity contribution in [3.05, 3.63) is 48.5 Å². The van der Waals surface area contributed by atoms with Crippen LogP contribution in [0, 0.1) is 0 Å². The van der Waals surface area contributed by atoms with Crippen LogP contribution >= 0.6 is 0 Å². The highest BCUT2D eigenvalue weighted by Gasteiger charge is 2.16. The van der Waals surface area contributed by atoms with Gasteiger partial charge >= 0.3 is 11.9 Å². The van der Waals surface area contributed by atoms with Crippen LogP contribution in [0.25, 0.3) is 0 Å². The molecule has 6 heteroatoms. The molecule has 0 aliphatic heterocycles. The SMILES string of the molecule is O=C(CC(=O)Oc1ccccc1O)Oc1ccccc1O. The van der Waals surface area contributed by atoms with Gasteiger partial charge in [-0.3, -0.25) is 9.59 Å². The first-order chi connectivity index (χ1) is 10.1. The summed E-state index contributed by atoms with van der Waals surface area (Å²) in [6.45, 7) is 0. The van der Waals surface area contributed by atoms with E-state index in [0.29, 0.717) is 0 Å². The standard InChI is InChI=1S/C15H12O6/c16-10-5-1-3-7-12(10)20-14(18)9-15(19)21-13-8-4-2-6-11(13)17/h1-8,16-17H,9H2. The quantitative estimate of drug-likeness (QED) is 0.508. The van der Waals surface area contributed by atoms with Gasteiger partial charge in [-0.1, -0.05) is 24.3 Å². The number of carbonyl (C=O) groups is 2. The summed E-state index contributed by atoms with van der Waals surface area (Å²) in [5.41, 5.74) is 0. The summed E-state index contributed by atoms with van der Waals surface area (Å²) in [5, 5.41) is 18.9. The lowest BCUT2D eigenvalue weighted by molar-refractivity contribution is -0.144. The lowest BCUT2D eigenvalue weighted by atomic mass is 10.3. The predicted molar refractivity (Wildman–Crippen MR) is 72.1 cm³/mol. The molecule has 0 fully saturated rings. The maximum Gasteiger partial charge on any atom is 0.322 e. The van der Waals surface area contributed by atoms with Crippen LogP contribution in [0.5, 0.6) is 23.0 Å². The number of rotatable bonds is 4. The second-order valence-corrected chi connectivity index (χ2v) is 4.06. The minimum Gasteiger partial charge on any atom is -0.504 e. The average Bonchev–Trinajstić information content (AvgIpc) is 2.44. The lowest BCUT2D eigenvalue weighted by Gasteiger charge is -2.07. The van der Waals surface area contributed by atoms with E-state index in [-0.39, 0.29) is 23.0 Å². The molecule has 0 aliphatic rings. The summed E-state index contributed by atoms with van der Waals surface area (Å²) in [4.78, 5) is 23.1. The van der Waals surface area contributed by atoms with Gasteiger partial charge in [0.25, 0.3) is 0 Å². The summed E-state index contributed by atoms with van der Waals surface area (Å²) in [6, 6.07) is 11.8. The van der Waals surface area contributed by atoms with Crippen molar-refractivity contribution in [2.45, 2.75) is 6.42 Å². The zero-order chi connectivity index (χ0) is 15.2. The highest BCUT2D eigenvalue weighted by Crippen LogP contribution is 2.26. The highest BCUT2D eigenvalue weighted by atomic mass is 16.6. The number of benzene rings is 2. The Morgan fingerprint density at radius 1 is 0.762 bits per heavy atom. The van der Waals surface area contributed by atoms with Crippen LogP contribution in [0.15, 0.2) is 48.5 Å². The molecule has 0 unspecified atom stereocenters. The highest BCUT2D eigenvalue weighted by molar-refractivity contribution is 5.93. The molecule has 0 aromatic heterocycles. The van der Waals surface area contributed by atoms with E-state index in [0.717, 1.165) is 0 Å². The van der Waals surface area contributed by atoms with Gasteiger partial charge in [0.1, 0.15) is 6.42 Å². The van der Waals surface area contributed by atoms with E-state index >= 15 is 0 Å². The molecule has 2 N–H and O–H groups in total. The minimum atomic E-state index is -0.878. The molecule has 6 nitrogen and oxygen atoms in total. The van der Waals surface area contributed by atoms with Crippen LogP contribution in [-0.4, -0.2) is 22.2 Å². The molecular weight excluding hydrogens is 276 g/mol. The second-order valence-electron chi connectivity index (χ2n) is 4.06. The van der Waals surface area contributed by atoms with Crippen molar-refractivity contribution in [3.63, 3.8) is 0 Å². The summed E-state index contributed by atoms with van der Waals surface area (Å²) < 4.78 is 9.66. The van der Waals surface area contributed by atoms with Gasteiger partial charge in [-0.05, 0) is 24.3 Å². The summed E-state index contributed by atoms with van der Waals surface area (Å²) in [5.74, 6) is -2.26. The van der Waals surface area contributed by atoms with Gasteiger partial charge in [-0.2, -0.15) is 0 Å². The Bertz CT molecular complexity index is 607. The van der Waals surface area contributed by atoms with Crippen molar-refractivity contribution in [2.75, 3.05) is 0 Å². The van der Waals surface area contributed by atoms with Gasteiger partial charge < -0.3 is 19.7 Å². The molecule has 21 heavy (non-hydrogen) atoms. The fourth-order valence-electron chi connectivity index (χ4n) is 1.52. The van der Waals surface area contributed by atoms with Crippen molar-refractivity contribution in [1.29, 1.82) is 0 Å². The second kappa shape index (κ2) is 6.42. The maximum absolute atomic E-state index is 11.6. The van der Waals surface area contributed by atoms with Gasteiger partial charge in [-0.15, -0.1) is 0 Å². The number of phenols is 2. The third-order valence-corrected chi connectivity index (χ3v) is 2.47. The third kappa shape index (κ3) is 3.97. The molecule has 0 saturated heterocycles. The van der Waals surface area contributed by atoms with Crippen molar-refractivity contribution in [2.24, 2.45) is 0 Å². The van der Waals surface area contributed by atoms with Crippen molar-refractivity contribution < 1.29 is 29.3 Å². The van der Waals surface area contributed by atoms with Crippen LogP contribution in [0.2, 0.25) is 0 Å². The summed E-state index contributed by atoms with van der Waals surface area (Å²) in [6.07, 6.45) is -0.650. The zero-order valence-electron chi connectivity index (χ0n) is 10.9. The van der Waals surface area contributed by atoms with E-state index in [1.165, 1.54) is 24.3 Å². The third-order valence-electron chi connectivity index (χ3n) is 2.47. The number of ether oxygens (including phenoxy) is 2. The molecule has 2 rings (SSSR count). The summed E-state index contributed by atoms with van der Waals surface area (Å²) >= 11 is 0. The Morgan fingerprint density at radius 3 is 1.52 bits per heavy atom. The number of esters is 2. The monoisotopic (exact) mass is 288 g/mol. The van der Waals surface area contributed by atoms with Gasteiger partial charge in [0, 0.05) is 0 Å². The van der Waals surface area contributed by atoms with Gasteiger partial charge in [-0.25, -0.2) is 0 Å². The van der Waals surface area contributed by atoms with E-state index in [2.05, 4.69) is 0 Å². The predicted octanol–water partition coefficient (Wildman–Crippen LogP) is 2.00. The Kier molecular flexibility index (Phi) is 4.40. The van der Waals surface area contributed by atoms with Crippen LogP contribution in [0.3, 0.4) is 0 Å². The molecule has 108 valence electrons. The first kappa shape index (κ1) is 14.4. The van der Waals surface area contributed by atoms with Crippen molar-refractivity contribution >= 4 is 11.9 Å². The molecular formula is C15H12O6. The number of carbonyl (C=O) groups excluding carboxylic acids is 2. The Morgan fingerprint density at radius 2 is 1.14 bits per heavy atom. The minimum absolute atomic E-state index is 0.0436. The molecule has 0 atom stereocenters. The number of aromatic hydroxyl groups is 2. The van der Waals surface area contributed by atoms with Crippen LogP contribution in [0.1, 0.15) is 6.42 Å². The van der Waals surface area contributed by atoms with Gasteiger partial charge in [0.05, 0.1) is 0 Å². The molecule has 0 saturated carbocycles. The molecule has 0 spiro atoms. The molecule has 0 radical (unpaired) electrons. The molecule has 2 aromatic carbocycles. The Labute approximate surface area is 120 Å². The fourth-order valence-corrected chi connectivity index (χ4v) is 1.52. The normalized spacial score (nSPS) is 9.90. The fraction of sp³-hybridized carbons (Fsp3) is 0.0667. The first-order valence-electron chi connectivity index (χ1n) is 6.03. The average molecular weight is 288 g/mol. The molecule has 0 bridgehead atoms. The maximum atomic E-state index is 11.6. The van der Waals surface area contributed by atoms with Crippen molar-refractivity contribution in [3.8, 4) is 23.0 Å².